The van der Waals surface area contributed by atoms with Crippen LogP contribution >= 0.6 is 0 Å². The number of halogens is 1. The zero-order valence-electron chi connectivity index (χ0n) is 14.1. The molecule has 4 nitrogen and oxygen atoms in total. The Hall–Kier alpha value is -2.43. The summed E-state index contributed by atoms with van der Waals surface area (Å²) in [4.78, 5) is 19.1. The van der Waals surface area contributed by atoms with Crippen LogP contribution in [0.4, 0.5) is 4.39 Å². The first-order chi connectivity index (χ1) is 12.2. The normalized spacial score (nSPS) is 17.2. The van der Waals surface area contributed by atoms with Gasteiger partial charge in [0.2, 0.25) is 5.88 Å². The first kappa shape index (κ1) is 16.1. The highest BCUT2D eigenvalue weighted by Crippen LogP contribution is 2.29. The van der Waals surface area contributed by atoms with E-state index in [9.17, 15) is 9.18 Å². The molecule has 0 spiro atoms. The molecule has 5 heteroatoms. The molecule has 1 amide bonds. The van der Waals surface area contributed by atoms with Crippen molar-refractivity contribution in [1.29, 1.82) is 0 Å². The van der Waals surface area contributed by atoms with Crippen LogP contribution in [0, 0.1) is 11.7 Å². The quantitative estimate of drug-likeness (QED) is 0.835. The number of rotatable bonds is 5. The fourth-order valence-electron chi connectivity index (χ4n) is 3.41. The molecule has 0 bridgehead atoms. The number of hydrogen-bond donors (Lipinski definition) is 0. The largest absolute Gasteiger partial charge is 0.473 e. The van der Waals surface area contributed by atoms with Crippen LogP contribution in [0.5, 0.6) is 5.88 Å². The predicted molar refractivity (Wildman–Crippen MR) is 91.9 cm³/mol. The van der Waals surface area contributed by atoms with Crippen molar-refractivity contribution in [3.05, 3.63) is 59.0 Å². The van der Waals surface area contributed by atoms with E-state index < -0.39 is 0 Å². The summed E-state index contributed by atoms with van der Waals surface area (Å²) in [5, 5.41) is 0. The van der Waals surface area contributed by atoms with E-state index in [1.54, 1.807) is 18.2 Å². The van der Waals surface area contributed by atoms with Crippen molar-refractivity contribution in [2.75, 3.05) is 13.1 Å². The summed E-state index contributed by atoms with van der Waals surface area (Å²) >= 11 is 0. The van der Waals surface area contributed by atoms with Crippen LogP contribution in [0.1, 0.15) is 40.9 Å². The zero-order chi connectivity index (χ0) is 17.2. The second-order valence-electron chi connectivity index (χ2n) is 6.86. The number of fused-ring (bicyclic) bond motifs is 1. The minimum atomic E-state index is -0.281. The third-order valence-corrected chi connectivity index (χ3v) is 5.06. The Morgan fingerprint density at radius 2 is 2.12 bits per heavy atom. The molecule has 1 saturated carbocycles. The smallest absolute Gasteiger partial charge is 0.255 e. The van der Waals surface area contributed by atoms with Crippen LogP contribution in [0.15, 0.2) is 36.4 Å². The van der Waals surface area contributed by atoms with Gasteiger partial charge in [-0.25, -0.2) is 9.37 Å². The fourth-order valence-corrected chi connectivity index (χ4v) is 3.41. The molecule has 25 heavy (non-hydrogen) atoms. The van der Waals surface area contributed by atoms with Crippen LogP contribution in [0.25, 0.3) is 0 Å². The van der Waals surface area contributed by atoms with Crippen molar-refractivity contribution in [3.8, 4) is 5.88 Å². The van der Waals surface area contributed by atoms with Crippen LogP contribution in [-0.4, -0.2) is 28.9 Å². The molecule has 2 heterocycles. The number of benzene rings is 1. The molecular formula is C20H21FN2O2. The SMILES string of the molecule is O=C1c2ccc(OCc3cccc(F)c3)nc2CCN1CC1CCC1. The molecule has 0 unspecified atom stereocenters. The van der Waals surface area contributed by atoms with Gasteiger partial charge in [-0.1, -0.05) is 18.6 Å². The van der Waals surface area contributed by atoms with Gasteiger partial charge in [-0.05, 0) is 42.5 Å². The third-order valence-electron chi connectivity index (χ3n) is 5.06. The standard InChI is InChI=1S/C20H21FN2O2/c21-16-6-2-5-15(11-16)13-25-19-8-7-17-18(22-19)9-10-23(20(17)24)12-14-3-1-4-14/h2,5-8,11,14H,1,3-4,9-10,12-13H2. The number of carbonyl (C=O) groups excluding carboxylic acids is 1. The molecule has 1 aliphatic heterocycles. The first-order valence-corrected chi connectivity index (χ1v) is 8.85. The van der Waals surface area contributed by atoms with E-state index in [2.05, 4.69) is 4.98 Å². The van der Waals surface area contributed by atoms with E-state index >= 15 is 0 Å². The molecule has 0 saturated heterocycles. The number of ether oxygens (including phenoxy) is 1. The molecule has 2 aliphatic rings. The number of aromatic nitrogens is 1. The molecule has 1 aromatic heterocycles. The Balaban J connectivity index is 1.42. The number of nitrogens with zero attached hydrogens (tertiary/aromatic N) is 2. The number of pyridine rings is 1. The summed E-state index contributed by atoms with van der Waals surface area (Å²) in [5.74, 6) is 0.949. The molecule has 1 aliphatic carbocycles. The van der Waals surface area contributed by atoms with Gasteiger partial charge in [0.05, 0.1) is 11.3 Å². The molecule has 1 fully saturated rings. The zero-order valence-corrected chi connectivity index (χ0v) is 14.1. The van der Waals surface area contributed by atoms with Crippen LogP contribution in [-0.2, 0) is 13.0 Å². The minimum Gasteiger partial charge on any atom is -0.473 e. The van der Waals surface area contributed by atoms with Crippen LogP contribution in [0.3, 0.4) is 0 Å². The lowest BCUT2D eigenvalue weighted by Gasteiger charge is -2.34. The van der Waals surface area contributed by atoms with Gasteiger partial charge < -0.3 is 9.64 Å². The van der Waals surface area contributed by atoms with Crippen molar-refractivity contribution in [3.63, 3.8) is 0 Å². The van der Waals surface area contributed by atoms with E-state index in [1.165, 1.54) is 31.4 Å². The van der Waals surface area contributed by atoms with Gasteiger partial charge in [0, 0.05) is 25.6 Å². The van der Waals surface area contributed by atoms with Gasteiger partial charge in [0.25, 0.3) is 5.91 Å². The summed E-state index contributed by atoms with van der Waals surface area (Å²) < 4.78 is 18.9. The molecule has 2 aromatic rings. The summed E-state index contributed by atoms with van der Waals surface area (Å²) in [6.45, 7) is 1.85. The molecule has 0 atom stereocenters. The number of amides is 1. The number of carbonyl (C=O) groups is 1. The number of hydrogen-bond acceptors (Lipinski definition) is 3. The topological polar surface area (TPSA) is 42.4 Å². The van der Waals surface area contributed by atoms with E-state index in [1.807, 2.05) is 11.0 Å². The average molecular weight is 340 g/mol. The van der Waals surface area contributed by atoms with Gasteiger partial charge in [-0.15, -0.1) is 0 Å². The van der Waals surface area contributed by atoms with Crippen LogP contribution < -0.4 is 4.74 Å². The lowest BCUT2D eigenvalue weighted by atomic mass is 9.84. The highest BCUT2D eigenvalue weighted by molar-refractivity contribution is 5.96. The lowest BCUT2D eigenvalue weighted by Crippen LogP contribution is -2.42. The van der Waals surface area contributed by atoms with Crippen molar-refractivity contribution in [2.24, 2.45) is 5.92 Å². The maximum Gasteiger partial charge on any atom is 0.255 e. The summed E-state index contributed by atoms with van der Waals surface area (Å²) in [7, 11) is 0. The fraction of sp³-hybridized carbons (Fsp3) is 0.400. The minimum absolute atomic E-state index is 0.0809. The van der Waals surface area contributed by atoms with Gasteiger partial charge in [0.15, 0.2) is 0 Å². The second kappa shape index (κ2) is 6.82. The van der Waals surface area contributed by atoms with Gasteiger partial charge in [-0.2, -0.15) is 0 Å². The highest BCUT2D eigenvalue weighted by Gasteiger charge is 2.29. The average Bonchev–Trinajstić information content (AvgIpc) is 2.58. The predicted octanol–water partition coefficient (Wildman–Crippen LogP) is 3.60. The molecule has 1 aromatic carbocycles. The Labute approximate surface area is 146 Å². The molecule has 130 valence electrons. The molecule has 0 N–H and O–H groups in total. The Kier molecular flexibility index (Phi) is 4.38. The lowest BCUT2D eigenvalue weighted by molar-refractivity contribution is 0.0675. The third kappa shape index (κ3) is 3.50. The molecule has 0 radical (unpaired) electrons. The van der Waals surface area contributed by atoms with Crippen molar-refractivity contribution < 1.29 is 13.9 Å². The van der Waals surface area contributed by atoms with Crippen molar-refractivity contribution in [1.82, 2.24) is 9.88 Å². The second-order valence-corrected chi connectivity index (χ2v) is 6.86. The first-order valence-electron chi connectivity index (χ1n) is 8.85. The maximum atomic E-state index is 13.2. The van der Waals surface area contributed by atoms with Gasteiger partial charge in [-0.3, -0.25) is 4.79 Å². The Bertz CT molecular complexity index is 789. The van der Waals surface area contributed by atoms with Crippen molar-refractivity contribution in [2.45, 2.75) is 32.3 Å². The molecular weight excluding hydrogens is 319 g/mol. The van der Waals surface area contributed by atoms with E-state index in [4.69, 9.17) is 4.74 Å². The summed E-state index contributed by atoms with van der Waals surface area (Å²) in [6, 6.07) is 9.84. The van der Waals surface area contributed by atoms with Gasteiger partial charge >= 0.3 is 0 Å². The van der Waals surface area contributed by atoms with Gasteiger partial charge in [0.1, 0.15) is 12.4 Å². The van der Waals surface area contributed by atoms with E-state index in [0.717, 1.165) is 30.8 Å². The monoisotopic (exact) mass is 340 g/mol. The molecule has 4 rings (SSSR count). The Morgan fingerprint density at radius 1 is 1.24 bits per heavy atom. The van der Waals surface area contributed by atoms with E-state index in [-0.39, 0.29) is 18.3 Å². The maximum absolute atomic E-state index is 13.2. The summed E-state index contributed by atoms with van der Waals surface area (Å²) in [5.41, 5.74) is 2.23. The Morgan fingerprint density at radius 3 is 2.88 bits per heavy atom. The van der Waals surface area contributed by atoms with Crippen molar-refractivity contribution >= 4 is 5.91 Å². The van der Waals surface area contributed by atoms with Crippen LogP contribution in [0.2, 0.25) is 0 Å². The summed E-state index contributed by atoms with van der Waals surface area (Å²) in [6.07, 6.45) is 4.52. The van der Waals surface area contributed by atoms with E-state index in [0.29, 0.717) is 17.4 Å². The highest BCUT2D eigenvalue weighted by atomic mass is 19.1.